The summed E-state index contributed by atoms with van der Waals surface area (Å²) in [5.41, 5.74) is 10.2. The van der Waals surface area contributed by atoms with E-state index in [1.54, 1.807) is 0 Å². The molecule has 4 aliphatic rings. The van der Waals surface area contributed by atoms with Crippen molar-refractivity contribution in [2.75, 3.05) is 39.3 Å². The molecule has 0 aromatic heterocycles. The van der Waals surface area contributed by atoms with E-state index < -0.39 is 0 Å². The number of ether oxygens (including phenoxy) is 1. The standard InChI is InChI=1S/C22H28N4O2/c27-22(26-8-6-25(7-9-26)15-16-1-2-16)20-13-18(11-17-3-5-23-24-14-17)12-19-4-10-28-21(19)20/h3,5,12-14,16,23-24H,1-2,4,6-11,15H2. The third-order valence-electron chi connectivity index (χ3n) is 6.08. The molecule has 148 valence electrons. The van der Waals surface area contributed by atoms with Gasteiger partial charge in [0.25, 0.3) is 5.91 Å². The second-order valence-corrected chi connectivity index (χ2v) is 8.28. The second-order valence-electron chi connectivity index (χ2n) is 8.28. The molecule has 3 aliphatic heterocycles. The molecule has 0 spiro atoms. The van der Waals surface area contributed by atoms with Crippen molar-refractivity contribution in [3.8, 4) is 5.75 Å². The maximum absolute atomic E-state index is 13.3. The number of nitrogens with one attached hydrogen (secondary N) is 2. The normalized spacial score (nSPS) is 21.4. The van der Waals surface area contributed by atoms with E-state index in [4.69, 9.17) is 4.74 Å². The first kappa shape index (κ1) is 17.6. The SMILES string of the molecule is O=C(c1cc(CC2=CNNC=C2)cc2c1OCC2)N1CCN(CC2CC2)CC1. The van der Waals surface area contributed by atoms with Gasteiger partial charge in [0.2, 0.25) is 0 Å². The van der Waals surface area contributed by atoms with Crippen LogP contribution in [-0.4, -0.2) is 55.0 Å². The fourth-order valence-corrected chi connectivity index (χ4v) is 4.33. The molecule has 6 nitrogen and oxygen atoms in total. The van der Waals surface area contributed by atoms with Gasteiger partial charge in [-0.15, -0.1) is 0 Å². The number of hydrazine groups is 1. The molecule has 1 saturated carbocycles. The number of amides is 1. The Labute approximate surface area is 166 Å². The molecule has 1 saturated heterocycles. The molecule has 0 unspecified atom stereocenters. The summed E-state index contributed by atoms with van der Waals surface area (Å²) in [4.78, 5) is 17.8. The van der Waals surface area contributed by atoms with E-state index in [0.717, 1.165) is 56.3 Å². The minimum atomic E-state index is 0.124. The van der Waals surface area contributed by atoms with Crippen LogP contribution in [0.2, 0.25) is 0 Å². The van der Waals surface area contributed by atoms with Crippen LogP contribution in [-0.2, 0) is 12.8 Å². The molecule has 1 aromatic carbocycles. The maximum atomic E-state index is 13.3. The van der Waals surface area contributed by atoms with Crippen molar-refractivity contribution >= 4 is 5.91 Å². The van der Waals surface area contributed by atoms with Gasteiger partial charge < -0.3 is 20.5 Å². The zero-order chi connectivity index (χ0) is 18.9. The molecule has 3 heterocycles. The lowest BCUT2D eigenvalue weighted by atomic mass is 9.97. The predicted molar refractivity (Wildman–Crippen MR) is 108 cm³/mol. The van der Waals surface area contributed by atoms with Crippen LogP contribution < -0.4 is 15.6 Å². The van der Waals surface area contributed by atoms with Gasteiger partial charge in [-0.2, -0.15) is 0 Å². The van der Waals surface area contributed by atoms with E-state index >= 15 is 0 Å². The summed E-state index contributed by atoms with van der Waals surface area (Å²) in [5.74, 6) is 1.84. The molecular formula is C22H28N4O2. The summed E-state index contributed by atoms with van der Waals surface area (Å²) in [6.45, 7) is 5.48. The summed E-state index contributed by atoms with van der Waals surface area (Å²) in [6.07, 6.45) is 10.4. The first-order chi connectivity index (χ1) is 13.8. The van der Waals surface area contributed by atoms with Gasteiger partial charge in [-0.25, -0.2) is 0 Å². The third-order valence-corrected chi connectivity index (χ3v) is 6.08. The zero-order valence-corrected chi connectivity index (χ0v) is 16.2. The predicted octanol–water partition coefficient (Wildman–Crippen LogP) is 1.84. The van der Waals surface area contributed by atoms with E-state index in [1.165, 1.54) is 36.1 Å². The van der Waals surface area contributed by atoms with E-state index in [-0.39, 0.29) is 5.91 Å². The Balaban J connectivity index is 1.32. The van der Waals surface area contributed by atoms with Gasteiger partial charge in [0.05, 0.1) is 12.2 Å². The van der Waals surface area contributed by atoms with E-state index in [9.17, 15) is 4.79 Å². The number of carbonyl (C=O) groups excluding carboxylic acids is 1. The van der Waals surface area contributed by atoms with Gasteiger partial charge in [-0.3, -0.25) is 9.69 Å². The zero-order valence-electron chi connectivity index (χ0n) is 16.2. The van der Waals surface area contributed by atoms with Gasteiger partial charge in [0.1, 0.15) is 5.75 Å². The van der Waals surface area contributed by atoms with Crippen LogP contribution in [0.5, 0.6) is 5.75 Å². The molecule has 2 N–H and O–H groups in total. The van der Waals surface area contributed by atoms with Gasteiger partial charge in [-0.05, 0) is 54.0 Å². The molecule has 1 aromatic rings. The Kier molecular flexibility index (Phi) is 4.72. The lowest BCUT2D eigenvalue weighted by Gasteiger charge is -2.35. The van der Waals surface area contributed by atoms with Crippen LogP contribution >= 0.6 is 0 Å². The summed E-state index contributed by atoms with van der Waals surface area (Å²) >= 11 is 0. The highest BCUT2D eigenvalue weighted by Crippen LogP contribution is 2.33. The third kappa shape index (κ3) is 3.74. The maximum Gasteiger partial charge on any atom is 0.257 e. The summed E-state index contributed by atoms with van der Waals surface area (Å²) in [7, 11) is 0. The van der Waals surface area contributed by atoms with Crippen molar-refractivity contribution in [2.24, 2.45) is 5.92 Å². The summed E-state index contributed by atoms with van der Waals surface area (Å²) in [5, 5.41) is 0. The fraction of sp³-hybridized carbons (Fsp3) is 0.500. The molecular weight excluding hydrogens is 352 g/mol. The Morgan fingerprint density at radius 1 is 1.14 bits per heavy atom. The van der Waals surface area contributed by atoms with Crippen molar-refractivity contribution in [3.63, 3.8) is 0 Å². The van der Waals surface area contributed by atoms with Crippen molar-refractivity contribution in [1.29, 1.82) is 0 Å². The first-order valence-electron chi connectivity index (χ1n) is 10.4. The van der Waals surface area contributed by atoms with Gasteiger partial charge in [0.15, 0.2) is 0 Å². The molecule has 28 heavy (non-hydrogen) atoms. The van der Waals surface area contributed by atoms with Crippen molar-refractivity contribution in [3.05, 3.63) is 52.9 Å². The average molecular weight is 380 g/mol. The van der Waals surface area contributed by atoms with Crippen LogP contribution in [0.15, 0.2) is 36.2 Å². The molecule has 1 aliphatic carbocycles. The van der Waals surface area contributed by atoms with Crippen LogP contribution in [0, 0.1) is 5.92 Å². The summed E-state index contributed by atoms with van der Waals surface area (Å²) in [6, 6.07) is 4.24. The molecule has 6 heteroatoms. The van der Waals surface area contributed by atoms with Crippen LogP contribution in [0.1, 0.15) is 34.3 Å². The van der Waals surface area contributed by atoms with Crippen LogP contribution in [0.25, 0.3) is 0 Å². The highest BCUT2D eigenvalue weighted by Gasteiger charge is 2.30. The number of fused-ring (bicyclic) bond motifs is 1. The Morgan fingerprint density at radius 2 is 2.00 bits per heavy atom. The minimum Gasteiger partial charge on any atom is -0.492 e. The largest absolute Gasteiger partial charge is 0.492 e. The number of rotatable bonds is 5. The van der Waals surface area contributed by atoms with Gasteiger partial charge in [0, 0.05) is 51.5 Å². The smallest absolute Gasteiger partial charge is 0.257 e. The number of hydrogen-bond donors (Lipinski definition) is 2. The van der Waals surface area contributed by atoms with Crippen molar-refractivity contribution in [1.82, 2.24) is 20.7 Å². The number of carbonyl (C=O) groups is 1. The van der Waals surface area contributed by atoms with E-state index in [0.29, 0.717) is 6.61 Å². The van der Waals surface area contributed by atoms with E-state index in [2.05, 4.69) is 27.9 Å². The molecule has 2 fully saturated rings. The number of allylic oxidation sites excluding steroid dienone is 2. The molecule has 0 atom stereocenters. The second kappa shape index (κ2) is 7.51. The molecule has 5 rings (SSSR count). The van der Waals surface area contributed by atoms with Crippen molar-refractivity contribution in [2.45, 2.75) is 25.7 Å². The fourth-order valence-electron chi connectivity index (χ4n) is 4.33. The first-order valence-corrected chi connectivity index (χ1v) is 10.4. The average Bonchev–Trinajstić information content (AvgIpc) is 3.41. The minimum absolute atomic E-state index is 0.124. The lowest BCUT2D eigenvalue weighted by molar-refractivity contribution is 0.0628. The number of benzene rings is 1. The Bertz CT molecular complexity index is 820. The van der Waals surface area contributed by atoms with Crippen molar-refractivity contribution < 1.29 is 9.53 Å². The monoisotopic (exact) mass is 380 g/mol. The molecule has 1 amide bonds. The Morgan fingerprint density at radius 3 is 2.75 bits per heavy atom. The number of piperazine rings is 1. The topological polar surface area (TPSA) is 56.8 Å². The van der Waals surface area contributed by atoms with E-state index in [1.807, 2.05) is 23.4 Å². The number of hydrogen-bond acceptors (Lipinski definition) is 5. The molecule has 0 bridgehead atoms. The van der Waals surface area contributed by atoms with Gasteiger partial charge in [-0.1, -0.05) is 6.07 Å². The highest BCUT2D eigenvalue weighted by atomic mass is 16.5. The quantitative estimate of drug-likeness (QED) is 0.816. The summed E-state index contributed by atoms with van der Waals surface area (Å²) < 4.78 is 5.86. The van der Waals surface area contributed by atoms with Crippen LogP contribution in [0.3, 0.4) is 0 Å². The lowest BCUT2D eigenvalue weighted by Crippen LogP contribution is -2.49. The van der Waals surface area contributed by atoms with Gasteiger partial charge >= 0.3 is 0 Å². The highest BCUT2D eigenvalue weighted by molar-refractivity contribution is 5.98. The Hall–Kier alpha value is -2.47. The number of nitrogens with zero attached hydrogens (tertiary/aromatic N) is 2. The molecule has 0 radical (unpaired) electrons. The van der Waals surface area contributed by atoms with Crippen LogP contribution in [0.4, 0.5) is 0 Å².